The predicted octanol–water partition coefficient (Wildman–Crippen LogP) is 3.48. The van der Waals surface area contributed by atoms with E-state index in [1.54, 1.807) is 6.92 Å². The fourth-order valence-electron chi connectivity index (χ4n) is 2.14. The van der Waals surface area contributed by atoms with Crippen molar-refractivity contribution in [2.45, 2.75) is 27.2 Å². The number of hydrogen-bond donors (Lipinski definition) is 2. The minimum Gasteiger partial charge on any atom is -0.367 e. The largest absolute Gasteiger partial charge is 0.367 e. The molecule has 0 aliphatic rings. The number of amides is 1. The second-order valence-corrected chi connectivity index (χ2v) is 6.35. The van der Waals surface area contributed by atoms with E-state index in [-0.39, 0.29) is 12.3 Å². The Hall–Kier alpha value is -2.46. The minimum atomic E-state index is -0.108. The Kier molecular flexibility index (Phi) is 5.88. The summed E-state index contributed by atoms with van der Waals surface area (Å²) in [6, 6.07) is 7.80. The van der Waals surface area contributed by atoms with E-state index in [0.29, 0.717) is 17.9 Å². The molecule has 0 saturated carbocycles. The van der Waals surface area contributed by atoms with Gasteiger partial charge in [-0.15, -0.1) is 5.10 Å². The number of nitriles is 1. The Morgan fingerprint density at radius 3 is 2.71 bits per heavy atom. The van der Waals surface area contributed by atoms with Gasteiger partial charge >= 0.3 is 0 Å². The van der Waals surface area contributed by atoms with Gasteiger partial charge in [-0.05, 0) is 50.1 Å². The van der Waals surface area contributed by atoms with Gasteiger partial charge in [-0.1, -0.05) is 15.9 Å². The molecule has 124 valence electrons. The minimum absolute atomic E-state index is 0.108. The van der Waals surface area contributed by atoms with Gasteiger partial charge in [0.25, 0.3) is 0 Å². The molecule has 0 atom stereocenters. The van der Waals surface area contributed by atoms with E-state index in [1.807, 2.05) is 32.0 Å². The highest BCUT2D eigenvalue weighted by Crippen LogP contribution is 2.20. The summed E-state index contributed by atoms with van der Waals surface area (Å²) < 4.78 is 0.969. The molecular formula is C17H18BrN5O. The molecule has 0 unspecified atom stereocenters. The second-order valence-electron chi connectivity index (χ2n) is 5.43. The molecular weight excluding hydrogens is 370 g/mol. The Balaban J connectivity index is 1.94. The highest BCUT2D eigenvalue weighted by molar-refractivity contribution is 9.10. The van der Waals surface area contributed by atoms with Gasteiger partial charge in [-0.2, -0.15) is 10.4 Å². The van der Waals surface area contributed by atoms with Crippen molar-refractivity contribution >= 4 is 33.3 Å². The molecule has 6 nitrogen and oxygen atoms in total. The average molecular weight is 388 g/mol. The molecule has 1 aromatic heterocycles. The lowest BCUT2D eigenvalue weighted by molar-refractivity contribution is -0.115. The first-order valence-electron chi connectivity index (χ1n) is 7.46. The van der Waals surface area contributed by atoms with Crippen molar-refractivity contribution in [3.05, 3.63) is 45.1 Å². The SMILES string of the molecule is Cc1cc(Br)ccc1NC(=O)CCNc1nnc(C)c(C)c1C#N. The summed E-state index contributed by atoms with van der Waals surface area (Å²) in [5.74, 6) is 0.302. The summed E-state index contributed by atoms with van der Waals surface area (Å²) >= 11 is 3.39. The Morgan fingerprint density at radius 1 is 1.29 bits per heavy atom. The van der Waals surface area contributed by atoms with E-state index in [0.717, 1.165) is 27.0 Å². The highest BCUT2D eigenvalue weighted by atomic mass is 79.9. The third kappa shape index (κ3) is 4.30. The lowest BCUT2D eigenvalue weighted by atomic mass is 10.1. The molecule has 0 saturated heterocycles. The molecule has 1 aromatic carbocycles. The quantitative estimate of drug-likeness (QED) is 0.819. The Bertz CT molecular complexity index is 813. The zero-order valence-electron chi connectivity index (χ0n) is 13.8. The van der Waals surface area contributed by atoms with Gasteiger partial charge in [0.1, 0.15) is 11.6 Å². The van der Waals surface area contributed by atoms with Gasteiger partial charge in [-0.25, -0.2) is 0 Å². The standard InChI is InChI=1S/C17H18BrN5O/c1-10-8-13(18)4-5-15(10)21-16(24)6-7-20-17-14(9-19)11(2)12(3)22-23-17/h4-5,8H,6-7H2,1-3H3,(H,20,23)(H,21,24). The molecule has 2 N–H and O–H groups in total. The number of aryl methyl sites for hydroxylation is 2. The van der Waals surface area contributed by atoms with E-state index < -0.39 is 0 Å². The number of nitrogens with zero attached hydrogens (tertiary/aromatic N) is 3. The summed E-state index contributed by atoms with van der Waals surface area (Å²) in [6.45, 7) is 5.94. The summed E-state index contributed by atoms with van der Waals surface area (Å²) in [6.07, 6.45) is 0.259. The number of benzene rings is 1. The van der Waals surface area contributed by atoms with Crippen LogP contribution in [0.3, 0.4) is 0 Å². The van der Waals surface area contributed by atoms with Gasteiger partial charge in [0.15, 0.2) is 5.82 Å². The van der Waals surface area contributed by atoms with Crippen LogP contribution in [0.15, 0.2) is 22.7 Å². The molecule has 0 spiro atoms. The molecule has 0 bridgehead atoms. The van der Waals surface area contributed by atoms with Crippen molar-refractivity contribution in [2.75, 3.05) is 17.2 Å². The van der Waals surface area contributed by atoms with Crippen molar-refractivity contribution in [3.63, 3.8) is 0 Å². The molecule has 2 rings (SSSR count). The van der Waals surface area contributed by atoms with Crippen LogP contribution in [0.5, 0.6) is 0 Å². The van der Waals surface area contributed by atoms with Crippen LogP contribution in [0.2, 0.25) is 0 Å². The van der Waals surface area contributed by atoms with Crippen molar-refractivity contribution in [3.8, 4) is 6.07 Å². The maximum absolute atomic E-state index is 12.1. The first-order valence-corrected chi connectivity index (χ1v) is 8.25. The highest BCUT2D eigenvalue weighted by Gasteiger charge is 2.11. The van der Waals surface area contributed by atoms with Crippen molar-refractivity contribution in [2.24, 2.45) is 0 Å². The van der Waals surface area contributed by atoms with Gasteiger partial charge < -0.3 is 10.6 Å². The number of nitrogens with one attached hydrogen (secondary N) is 2. The van der Waals surface area contributed by atoms with Crippen molar-refractivity contribution in [1.29, 1.82) is 5.26 Å². The molecule has 2 aromatic rings. The maximum atomic E-state index is 12.1. The molecule has 1 amide bonds. The fraction of sp³-hybridized carbons (Fsp3) is 0.294. The number of carbonyl (C=O) groups excluding carboxylic acids is 1. The van der Waals surface area contributed by atoms with E-state index in [4.69, 9.17) is 0 Å². The smallest absolute Gasteiger partial charge is 0.226 e. The van der Waals surface area contributed by atoms with Gasteiger partial charge in [0.2, 0.25) is 5.91 Å². The summed E-state index contributed by atoms with van der Waals surface area (Å²) in [5, 5.41) is 23.1. The normalized spacial score (nSPS) is 10.1. The maximum Gasteiger partial charge on any atom is 0.226 e. The van der Waals surface area contributed by atoms with Crippen LogP contribution < -0.4 is 10.6 Å². The molecule has 0 aliphatic carbocycles. The second kappa shape index (κ2) is 7.88. The molecule has 1 heterocycles. The molecule has 0 radical (unpaired) electrons. The van der Waals surface area contributed by atoms with Crippen LogP contribution in [-0.4, -0.2) is 22.6 Å². The monoisotopic (exact) mass is 387 g/mol. The van der Waals surface area contributed by atoms with Crippen LogP contribution in [-0.2, 0) is 4.79 Å². The van der Waals surface area contributed by atoms with Gasteiger partial charge in [0.05, 0.1) is 5.69 Å². The van der Waals surface area contributed by atoms with Gasteiger partial charge in [-0.3, -0.25) is 4.79 Å². The first-order chi connectivity index (χ1) is 11.4. The van der Waals surface area contributed by atoms with Crippen LogP contribution in [0.25, 0.3) is 0 Å². The van der Waals surface area contributed by atoms with E-state index in [2.05, 4.69) is 42.8 Å². The summed E-state index contributed by atoms with van der Waals surface area (Å²) in [7, 11) is 0. The van der Waals surface area contributed by atoms with E-state index in [1.165, 1.54) is 0 Å². The third-order valence-corrected chi connectivity index (χ3v) is 4.17. The van der Waals surface area contributed by atoms with E-state index >= 15 is 0 Å². The number of rotatable bonds is 5. The zero-order chi connectivity index (χ0) is 17.7. The number of anilines is 2. The van der Waals surface area contributed by atoms with Gasteiger partial charge in [0, 0.05) is 23.1 Å². The number of halogens is 1. The van der Waals surface area contributed by atoms with Crippen LogP contribution in [0.4, 0.5) is 11.5 Å². The predicted molar refractivity (Wildman–Crippen MR) is 96.8 cm³/mol. The average Bonchev–Trinajstić information content (AvgIpc) is 2.54. The van der Waals surface area contributed by atoms with Crippen LogP contribution in [0, 0.1) is 32.1 Å². The lowest BCUT2D eigenvalue weighted by Gasteiger charge is -2.11. The number of aromatic nitrogens is 2. The van der Waals surface area contributed by atoms with Crippen molar-refractivity contribution in [1.82, 2.24) is 10.2 Å². The van der Waals surface area contributed by atoms with E-state index in [9.17, 15) is 10.1 Å². The lowest BCUT2D eigenvalue weighted by Crippen LogP contribution is -2.18. The number of carbonyl (C=O) groups is 1. The molecule has 24 heavy (non-hydrogen) atoms. The molecule has 0 fully saturated rings. The van der Waals surface area contributed by atoms with Crippen molar-refractivity contribution < 1.29 is 4.79 Å². The Morgan fingerprint density at radius 2 is 2.04 bits per heavy atom. The third-order valence-electron chi connectivity index (χ3n) is 3.67. The Labute approximate surface area is 149 Å². The van der Waals surface area contributed by atoms with Crippen LogP contribution >= 0.6 is 15.9 Å². The molecule has 7 heteroatoms. The van der Waals surface area contributed by atoms with Crippen LogP contribution in [0.1, 0.15) is 28.8 Å². The summed E-state index contributed by atoms with van der Waals surface area (Å²) in [4.78, 5) is 12.1. The zero-order valence-corrected chi connectivity index (χ0v) is 15.4. The topological polar surface area (TPSA) is 90.7 Å². The first kappa shape index (κ1) is 17.9. The fourth-order valence-corrected chi connectivity index (χ4v) is 2.62. The number of hydrogen-bond acceptors (Lipinski definition) is 5. The molecule has 0 aliphatic heterocycles. The summed E-state index contributed by atoms with van der Waals surface area (Å²) in [5.41, 5.74) is 3.75.